The van der Waals surface area contributed by atoms with Gasteiger partial charge >= 0.3 is 5.97 Å². The summed E-state index contributed by atoms with van der Waals surface area (Å²) in [6, 6.07) is 5.63. The van der Waals surface area contributed by atoms with Crippen LogP contribution in [0, 0.1) is 6.92 Å². The fourth-order valence-electron chi connectivity index (χ4n) is 2.23. The van der Waals surface area contributed by atoms with Gasteiger partial charge in [0.05, 0.1) is 12.6 Å². The molecule has 0 fully saturated rings. The predicted octanol–water partition coefficient (Wildman–Crippen LogP) is 2.68. The number of rotatable bonds is 3. The van der Waals surface area contributed by atoms with E-state index in [-0.39, 0.29) is 0 Å². The van der Waals surface area contributed by atoms with Gasteiger partial charge in [-0.05, 0) is 31.5 Å². The third-order valence-electron chi connectivity index (χ3n) is 3.04. The van der Waals surface area contributed by atoms with Crippen molar-refractivity contribution in [2.45, 2.75) is 20.4 Å². The van der Waals surface area contributed by atoms with E-state index in [1.807, 2.05) is 32.0 Å². The van der Waals surface area contributed by atoms with Crippen molar-refractivity contribution in [3.8, 4) is 5.75 Å². The Morgan fingerprint density at radius 1 is 1.47 bits per heavy atom. The van der Waals surface area contributed by atoms with E-state index >= 15 is 0 Å². The van der Waals surface area contributed by atoms with E-state index in [9.17, 15) is 9.90 Å². The van der Waals surface area contributed by atoms with Gasteiger partial charge in [0.2, 0.25) is 0 Å². The van der Waals surface area contributed by atoms with Crippen molar-refractivity contribution >= 4 is 16.9 Å². The van der Waals surface area contributed by atoms with Crippen LogP contribution in [0.3, 0.4) is 0 Å². The fourth-order valence-corrected chi connectivity index (χ4v) is 2.23. The van der Waals surface area contributed by atoms with Crippen LogP contribution in [0.2, 0.25) is 0 Å². The van der Waals surface area contributed by atoms with E-state index in [0.29, 0.717) is 12.2 Å². The lowest BCUT2D eigenvalue weighted by molar-refractivity contribution is 0.0685. The van der Waals surface area contributed by atoms with E-state index in [4.69, 9.17) is 4.74 Å². The first-order valence-corrected chi connectivity index (χ1v) is 5.50. The first-order chi connectivity index (χ1) is 8.10. The van der Waals surface area contributed by atoms with Crippen LogP contribution in [0.5, 0.6) is 5.75 Å². The van der Waals surface area contributed by atoms with Crippen LogP contribution < -0.4 is 4.74 Å². The predicted molar refractivity (Wildman–Crippen MR) is 65.9 cm³/mol. The van der Waals surface area contributed by atoms with E-state index < -0.39 is 5.97 Å². The van der Waals surface area contributed by atoms with Crippen molar-refractivity contribution in [1.82, 2.24) is 4.57 Å². The van der Waals surface area contributed by atoms with Gasteiger partial charge in [0.15, 0.2) is 0 Å². The summed E-state index contributed by atoms with van der Waals surface area (Å²) in [7, 11) is 1.60. The number of benzene rings is 1. The lowest BCUT2D eigenvalue weighted by atomic mass is 10.1. The van der Waals surface area contributed by atoms with Crippen molar-refractivity contribution in [2.24, 2.45) is 0 Å². The van der Waals surface area contributed by atoms with E-state index in [0.717, 1.165) is 22.2 Å². The molecule has 17 heavy (non-hydrogen) atoms. The number of carboxylic acids is 1. The normalized spacial score (nSPS) is 10.8. The highest BCUT2D eigenvalue weighted by Crippen LogP contribution is 2.28. The van der Waals surface area contributed by atoms with Gasteiger partial charge in [0.25, 0.3) is 0 Å². The number of aryl methyl sites for hydroxylation is 2. The molecule has 0 saturated heterocycles. The second-order valence-electron chi connectivity index (χ2n) is 3.91. The first kappa shape index (κ1) is 11.5. The molecule has 0 aliphatic carbocycles. The number of aromatic nitrogens is 1. The Balaban J connectivity index is 2.84. The molecule has 1 heterocycles. The largest absolute Gasteiger partial charge is 0.497 e. The number of nitrogens with zero attached hydrogens (tertiary/aromatic N) is 1. The molecular formula is C13H15NO3. The second kappa shape index (κ2) is 4.13. The van der Waals surface area contributed by atoms with Gasteiger partial charge < -0.3 is 14.4 Å². The molecule has 4 nitrogen and oxygen atoms in total. The minimum atomic E-state index is -0.889. The van der Waals surface area contributed by atoms with Crippen molar-refractivity contribution in [3.05, 3.63) is 29.5 Å². The molecular weight excluding hydrogens is 218 g/mol. The quantitative estimate of drug-likeness (QED) is 0.886. The van der Waals surface area contributed by atoms with Crippen LogP contribution in [-0.4, -0.2) is 22.8 Å². The zero-order valence-electron chi connectivity index (χ0n) is 10.2. The number of carboxylic acid groups (broad SMARTS) is 1. The van der Waals surface area contributed by atoms with Gasteiger partial charge in [-0.1, -0.05) is 0 Å². The summed E-state index contributed by atoms with van der Waals surface area (Å²) in [5, 5.41) is 10.2. The molecule has 1 N–H and O–H groups in total. The van der Waals surface area contributed by atoms with Gasteiger partial charge in [-0.15, -0.1) is 0 Å². The van der Waals surface area contributed by atoms with Crippen molar-refractivity contribution in [3.63, 3.8) is 0 Å². The average molecular weight is 233 g/mol. The molecule has 0 atom stereocenters. The highest BCUT2D eigenvalue weighted by atomic mass is 16.5. The molecule has 0 amide bonds. The zero-order valence-corrected chi connectivity index (χ0v) is 10.2. The Kier molecular flexibility index (Phi) is 2.79. The molecule has 0 aliphatic rings. The topological polar surface area (TPSA) is 51.5 Å². The van der Waals surface area contributed by atoms with Crippen LogP contribution >= 0.6 is 0 Å². The Bertz CT molecular complexity index is 584. The number of aromatic carboxylic acids is 1. The lowest BCUT2D eigenvalue weighted by Gasteiger charge is -2.05. The number of hydrogen-bond acceptors (Lipinski definition) is 2. The molecule has 0 spiro atoms. The lowest BCUT2D eigenvalue weighted by Crippen LogP contribution is -2.08. The molecule has 0 unspecified atom stereocenters. The van der Waals surface area contributed by atoms with Crippen molar-refractivity contribution in [2.75, 3.05) is 7.11 Å². The summed E-state index contributed by atoms with van der Waals surface area (Å²) < 4.78 is 6.97. The molecule has 0 bridgehead atoms. The van der Waals surface area contributed by atoms with E-state index in [2.05, 4.69) is 0 Å². The maximum atomic E-state index is 11.3. The van der Waals surface area contributed by atoms with Gasteiger partial charge in [0.1, 0.15) is 11.4 Å². The summed E-state index contributed by atoms with van der Waals surface area (Å²) in [4.78, 5) is 11.3. The second-order valence-corrected chi connectivity index (χ2v) is 3.91. The SMILES string of the molecule is CCn1c(C(=O)O)c(C)c2ccc(OC)cc21. The highest BCUT2D eigenvalue weighted by Gasteiger charge is 2.18. The first-order valence-electron chi connectivity index (χ1n) is 5.50. The summed E-state index contributed by atoms with van der Waals surface area (Å²) >= 11 is 0. The molecule has 2 aromatic rings. The van der Waals surface area contributed by atoms with Gasteiger partial charge in [-0.25, -0.2) is 4.79 Å². The summed E-state index contributed by atoms with van der Waals surface area (Å²) in [5.41, 5.74) is 2.06. The molecule has 2 rings (SSSR count). The maximum Gasteiger partial charge on any atom is 0.352 e. The maximum absolute atomic E-state index is 11.3. The monoisotopic (exact) mass is 233 g/mol. The standard InChI is InChI=1S/C13H15NO3/c1-4-14-11-7-9(17-3)5-6-10(11)8(2)12(14)13(15)16/h5-7H,4H2,1-3H3,(H,15,16). The number of ether oxygens (including phenoxy) is 1. The van der Waals surface area contributed by atoms with Crippen LogP contribution in [0.25, 0.3) is 10.9 Å². The van der Waals surface area contributed by atoms with E-state index in [1.54, 1.807) is 11.7 Å². The molecule has 0 saturated carbocycles. The molecule has 4 heteroatoms. The zero-order chi connectivity index (χ0) is 12.6. The number of fused-ring (bicyclic) bond motifs is 1. The number of methoxy groups -OCH3 is 1. The fraction of sp³-hybridized carbons (Fsp3) is 0.308. The Morgan fingerprint density at radius 2 is 2.18 bits per heavy atom. The minimum Gasteiger partial charge on any atom is -0.497 e. The van der Waals surface area contributed by atoms with Crippen molar-refractivity contribution < 1.29 is 14.6 Å². The minimum absolute atomic E-state index is 0.357. The van der Waals surface area contributed by atoms with Gasteiger partial charge in [-0.2, -0.15) is 0 Å². The van der Waals surface area contributed by atoms with Gasteiger partial charge in [-0.3, -0.25) is 0 Å². The van der Waals surface area contributed by atoms with Crippen LogP contribution in [-0.2, 0) is 6.54 Å². The Labute approximate surface area is 99.4 Å². The number of hydrogen-bond donors (Lipinski definition) is 1. The summed E-state index contributed by atoms with van der Waals surface area (Å²) in [5.74, 6) is -0.152. The molecule has 1 aromatic heterocycles. The smallest absolute Gasteiger partial charge is 0.352 e. The van der Waals surface area contributed by atoms with Crippen LogP contribution in [0.4, 0.5) is 0 Å². The van der Waals surface area contributed by atoms with Crippen LogP contribution in [0.15, 0.2) is 18.2 Å². The molecule has 0 aliphatic heterocycles. The summed E-state index contributed by atoms with van der Waals surface area (Å²) in [6.45, 7) is 4.40. The number of carbonyl (C=O) groups is 1. The van der Waals surface area contributed by atoms with Crippen LogP contribution in [0.1, 0.15) is 23.0 Å². The molecule has 0 radical (unpaired) electrons. The van der Waals surface area contributed by atoms with E-state index in [1.165, 1.54) is 0 Å². The average Bonchev–Trinajstić information content (AvgIpc) is 2.61. The molecule has 90 valence electrons. The highest BCUT2D eigenvalue weighted by molar-refractivity contribution is 5.98. The van der Waals surface area contributed by atoms with Crippen molar-refractivity contribution in [1.29, 1.82) is 0 Å². The third-order valence-corrected chi connectivity index (χ3v) is 3.04. The van der Waals surface area contributed by atoms with Gasteiger partial charge in [0, 0.05) is 18.0 Å². The Hall–Kier alpha value is -1.97. The Morgan fingerprint density at radius 3 is 2.71 bits per heavy atom. The summed E-state index contributed by atoms with van der Waals surface area (Å²) in [6.07, 6.45) is 0. The third kappa shape index (κ3) is 1.65. The molecule has 1 aromatic carbocycles.